The Morgan fingerprint density at radius 1 is 1.18 bits per heavy atom. The van der Waals surface area contributed by atoms with E-state index in [2.05, 4.69) is 19.1 Å². The van der Waals surface area contributed by atoms with Crippen molar-refractivity contribution in [2.45, 2.75) is 19.8 Å². The zero-order valence-corrected chi connectivity index (χ0v) is 13.6. The Bertz CT molecular complexity index is 858. The van der Waals surface area contributed by atoms with E-state index in [9.17, 15) is 9.59 Å². The Morgan fingerprint density at radius 3 is 2.73 bits per heavy atom. The number of carboxylic acids is 1. The normalized spacial score (nSPS) is 11.0. The number of hydrogen-bond acceptors (Lipinski definition) is 4. The Hall–Kier alpha value is -1.98. The molecule has 0 atom stereocenters. The highest BCUT2D eigenvalue weighted by Gasteiger charge is 2.15. The van der Waals surface area contributed by atoms with Gasteiger partial charge in [0.2, 0.25) is 0 Å². The molecule has 0 aliphatic rings. The zero-order chi connectivity index (χ0) is 15.7. The highest BCUT2D eigenvalue weighted by molar-refractivity contribution is 7.19. The first kappa shape index (κ1) is 14.9. The number of carbonyl (C=O) groups is 2. The molecule has 0 amide bonds. The maximum atomic E-state index is 12.0. The van der Waals surface area contributed by atoms with Crippen molar-refractivity contribution in [3.05, 3.63) is 45.5 Å². The molecular weight excluding hydrogens is 316 g/mol. The van der Waals surface area contributed by atoms with Gasteiger partial charge in [-0.25, -0.2) is 0 Å². The predicted molar refractivity (Wildman–Crippen MR) is 91.1 cm³/mol. The van der Waals surface area contributed by atoms with Crippen molar-refractivity contribution in [3.8, 4) is 11.1 Å². The molecule has 2 heterocycles. The molecule has 1 aromatic carbocycles. The van der Waals surface area contributed by atoms with Crippen molar-refractivity contribution in [2.24, 2.45) is 0 Å². The van der Waals surface area contributed by atoms with E-state index in [1.54, 1.807) is 11.3 Å². The second-order valence-corrected chi connectivity index (χ2v) is 7.21. The molecule has 0 bridgehead atoms. The van der Waals surface area contributed by atoms with Crippen LogP contribution in [0.2, 0.25) is 0 Å². The second-order valence-electron chi connectivity index (χ2n) is 5.05. The number of aryl methyl sites for hydroxylation is 1. The molecular formula is C17H14O3S2. The Morgan fingerprint density at radius 2 is 1.95 bits per heavy atom. The highest BCUT2D eigenvalue weighted by Crippen LogP contribution is 2.39. The summed E-state index contributed by atoms with van der Waals surface area (Å²) in [5.74, 6) is -1.04. The molecule has 0 unspecified atom stereocenters. The number of carboxylic acid groups (broad SMARTS) is 1. The molecule has 0 saturated heterocycles. The summed E-state index contributed by atoms with van der Waals surface area (Å²) in [6, 6.07) is 10.1. The second kappa shape index (κ2) is 6.02. The van der Waals surface area contributed by atoms with Crippen molar-refractivity contribution in [1.82, 2.24) is 0 Å². The first-order chi connectivity index (χ1) is 10.6. The largest absolute Gasteiger partial charge is 0.481 e. The molecule has 3 rings (SSSR count). The van der Waals surface area contributed by atoms with Crippen molar-refractivity contribution in [2.75, 3.05) is 0 Å². The van der Waals surface area contributed by atoms with Crippen LogP contribution in [-0.4, -0.2) is 16.9 Å². The summed E-state index contributed by atoms with van der Waals surface area (Å²) in [5, 5.41) is 11.9. The zero-order valence-electron chi connectivity index (χ0n) is 12.0. The highest BCUT2D eigenvalue weighted by atomic mass is 32.1. The van der Waals surface area contributed by atoms with E-state index in [-0.39, 0.29) is 18.6 Å². The Balaban J connectivity index is 1.94. The average Bonchev–Trinajstić information content (AvgIpc) is 3.07. The van der Waals surface area contributed by atoms with Gasteiger partial charge in [0.05, 0.1) is 11.3 Å². The molecule has 0 aliphatic heterocycles. The van der Waals surface area contributed by atoms with Gasteiger partial charge in [0.25, 0.3) is 0 Å². The lowest BCUT2D eigenvalue weighted by molar-refractivity contribution is -0.136. The van der Waals surface area contributed by atoms with Crippen LogP contribution in [0.5, 0.6) is 0 Å². The third kappa shape index (κ3) is 2.82. The summed E-state index contributed by atoms with van der Waals surface area (Å²) in [5.41, 5.74) is 2.22. The minimum atomic E-state index is -0.940. The summed E-state index contributed by atoms with van der Waals surface area (Å²) in [7, 11) is 0. The van der Waals surface area contributed by atoms with Gasteiger partial charge in [0.1, 0.15) is 0 Å². The van der Waals surface area contributed by atoms with Crippen LogP contribution in [0.3, 0.4) is 0 Å². The number of ketones is 1. The fraction of sp³-hybridized carbons (Fsp3) is 0.176. The number of rotatable bonds is 5. The van der Waals surface area contributed by atoms with Crippen molar-refractivity contribution in [3.63, 3.8) is 0 Å². The molecule has 112 valence electrons. The van der Waals surface area contributed by atoms with E-state index < -0.39 is 5.97 Å². The van der Waals surface area contributed by atoms with Crippen LogP contribution in [0.4, 0.5) is 0 Å². The minimum absolute atomic E-state index is 0.0542. The summed E-state index contributed by atoms with van der Waals surface area (Å²) in [6.07, 6.45) is -0.0644. The number of fused-ring (bicyclic) bond motifs is 1. The standard InChI is InChI=1S/C17H14O3S2/c1-10-17(12-4-2-3-5-14(12)22-10)11-8-15(21-9-11)13(18)6-7-16(19)20/h2-5,8-9H,6-7H2,1H3,(H,19,20). The molecule has 0 spiro atoms. The third-order valence-corrected chi connectivity index (χ3v) is 5.56. The molecule has 22 heavy (non-hydrogen) atoms. The minimum Gasteiger partial charge on any atom is -0.481 e. The average molecular weight is 330 g/mol. The van der Waals surface area contributed by atoms with Crippen LogP contribution < -0.4 is 0 Å². The van der Waals surface area contributed by atoms with Crippen LogP contribution in [-0.2, 0) is 4.79 Å². The molecule has 0 radical (unpaired) electrons. The molecule has 5 heteroatoms. The van der Waals surface area contributed by atoms with Gasteiger partial charge in [-0.3, -0.25) is 9.59 Å². The van der Waals surface area contributed by atoms with Gasteiger partial charge in [0, 0.05) is 26.9 Å². The lowest BCUT2D eigenvalue weighted by Gasteiger charge is -1.98. The Labute approximate surface area is 135 Å². The molecule has 3 nitrogen and oxygen atoms in total. The van der Waals surface area contributed by atoms with Gasteiger partial charge >= 0.3 is 5.97 Å². The van der Waals surface area contributed by atoms with E-state index in [1.807, 2.05) is 23.6 Å². The predicted octanol–water partition coefficient (Wildman–Crippen LogP) is 4.99. The maximum absolute atomic E-state index is 12.0. The quantitative estimate of drug-likeness (QED) is 0.671. The lowest BCUT2D eigenvalue weighted by atomic mass is 10.0. The molecule has 2 aromatic heterocycles. The molecule has 3 aromatic rings. The summed E-state index contributed by atoms with van der Waals surface area (Å²) in [4.78, 5) is 24.5. The fourth-order valence-corrected chi connectivity index (χ4v) is 4.44. The van der Waals surface area contributed by atoms with Crippen LogP contribution in [0.15, 0.2) is 35.7 Å². The van der Waals surface area contributed by atoms with Gasteiger partial charge in [-0.15, -0.1) is 22.7 Å². The van der Waals surface area contributed by atoms with Crippen molar-refractivity contribution in [1.29, 1.82) is 0 Å². The van der Waals surface area contributed by atoms with Gasteiger partial charge in [-0.05, 0) is 30.0 Å². The van der Waals surface area contributed by atoms with Gasteiger partial charge in [-0.2, -0.15) is 0 Å². The summed E-state index contributed by atoms with van der Waals surface area (Å²) >= 11 is 3.13. The van der Waals surface area contributed by atoms with Gasteiger partial charge in [-0.1, -0.05) is 18.2 Å². The summed E-state index contributed by atoms with van der Waals surface area (Å²) < 4.78 is 1.24. The number of carbonyl (C=O) groups excluding carboxylic acids is 1. The number of hydrogen-bond donors (Lipinski definition) is 1. The Kier molecular flexibility index (Phi) is 4.09. The summed E-state index contributed by atoms with van der Waals surface area (Å²) in [6.45, 7) is 2.09. The third-order valence-electron chi connectivity index (χ3n) is 3.50. The van der Waals surface area contributed by atoms with E-state index in [0.29, 0.717) is 4.88 Å². The van der Waals surface area contributed by atoms with Crippen LogP contribution in [0.25, 0.3) is 21.2 Å². The first-order valence-electron chi connectivity index (χ1n) is 6.88. The monoisotopic (exact) mass is 330 g/mol. The fourth-order valence-electron chi connectivity index (χ4n) is 2.48. The van der Waals surface area contributed by atoms with Crippen molar-refractivity contribution < 1.29 is 14.7 Å². The molecule has 0 fully saturated rings. The molecule has 0 saturated carbocycles. The number of Topliss-reactive ketones (excluding diaryl/α,β-unsaturated/α-hetero) is 1. The molecule has 1 N–H and O–H groups in total. The van der Waals surface area contributed by atoms with Crippen LogP contribution in [0, 0.1) is 6.92 Å². The SMILES string of the molecule is Cc1sc2ccccc2c1-c1csc(C(=O)CCC(=O)O)c1. The number of aliphatic carboxylic acids is 1. The number of benzene rings is 1. The first-order valence-corrected chi connectivity index (χ1v) is 8.58. The van der Waals surface area contributed by atoms with Crippen LogP contribution in [0.1, 0.15) is 27.4 Å². The van der Waals surface area contributed by atoms with Crippen LogP contribution >= 0.6 is 22.7 Å². The maximum Gasteiger partial charge on any atom is 0.303 e. The molecule has 0 aliphatic carbocycles. The lowest BCUT2D eigenvalue weighted by Crippen LogP contribution is -2.01. The van der Waals surface area contributed by atoms with E-state index in [0.717, 1.165) is 5.56 Å². The van der Waals surface area contributed by atoms with E-state index >= 15 is 0 Å². The van der Waals surface area contributed by atoms with Crippen molar-refractivity contribution >= 4 is 44.5 Å². The van der Waals surface area contributed by atoms with E-state index in [1.165, 1.54) is 31.9 Å². The van der Waals surface area contributed by atoms with E-state index in [4.69, 9.17) is 5.11 Å². The van der Waals surface area contributed by atoms with Gasteiger partial charge in [0.15, 0.2) is 5.78 Å². The van der Waals surface area contributed by atoms with Gasteiger partial charge < -0.3 is 5.11 Å². The smallest absolute Gasteiger partial charge is 0.303 e. The topological polar surface area (TPSA) is 54.4 Å². The number of thiophene rings is 2.